The summed E-state index contributed by atoms with van der Waals surface area (Å²) in [5, 5.41) is 7.40. The number of carboxylic acid groups (broad SMARTS) is 1. The van der Waals surface area contributed by atoms with E-state index in [-0.39, 0.29) is 6.07 Å². The van der Waals surface area contributed by atoms with Crippen molar-refractivity contribution in [1.82, 2.24) is 4.98 Å². The van der Waals surface area contributed by atoms with Crippen molar-refractivity contribution < 1.29 is 31.9 Å². The molecular formula is C9H5ClF5NO2. The number of aliphatic carboxylic acids is 1. The molecule has 0 radical (unpaired) electrons. The minimum atomic E-state index is -4.87. The van der Waals surface area contributed by atoms with Crippen LogP contribution in [0.1, 0.15) is 17.5 Å². The van der Waals surface area contributed by atoms with Gasteiger partial charge in [-0.3, -0.25) is 4.79 Å². The number of carboxylic acids is 1. The molecule has 3 nitrogen and oxygen atoms in total. The van der Waals surface area contributed by atoms with Gasteiger partial charge in [0.05, 0.1) is 11.1 Å². The van der Waals surface area contributed by atoms with Crippen LogP contribution in [0.2, 0.25) is 5.15 Å². The molecule has 1 N–H and O–H groups in total. The second-order valence-corrected chi connectivity index (χ2v) is 3.69. The lowest BCUT2D eigenvalue weighted by molar-refractivity contribution is -0.145. The molecule has 100 valence electrons. The van der Waals surface area contributed by atoms with E-state index < -0.39 is 40.8 Å². The highest BCUT2D eigenvalue weighted by atomic mass is 35.5. The maximum Gasteiger partial charge on any atom is 0.417 e. The summed E-state index contributed by atoms with van der Waals surface area (Å²) in [5.74, 6) is -5.90. The Kier molecular flexibility index (Phi) is 3.80. The van der Waals surface area contributed by atoms with Gasteiger partial charge in [-0.25, -0.2) is 13.8 Å². The van der Waals surface area contributed by atoms with Gasteiger partial charge in [0, 0.05) is 6.20 Å². The lowest BCUT2D eigenvalue weighted by Gasteiger charge is -2.17. The number of hydrogen-bond donors (Lipinski definition) is 1. The minimum Gasteiger partial charge on any atom is -0.481 e. The van der Waals surface area contributed by atoms with Crippen LogP contribution in [-0.4, -0.2) is 16.1 Å². The smallest absolute Gasteiger partial charge is 0.417 e. The largest absolute Gasteiger partial charge is 0.481 e. The van der Waals surface area contributed by atoms with Crippen molar-refractivity contribution in [3.8, 4) is 0 Å². The van der Waals surface area contributed by atoms with E-state index in [4.69, 9.17) is 16.7 Å². The summed E-state index contributed by atoms with van der Waals surface area (Å²) in [6.45, 7) is 0. The summed E-state index contributed by atoms with van der Waals surface area (Å²) < 4.78 is 63.6. The van der Waals surface area contributed by atoms with Crippen LogP contribution in [0.5, 0.6) is 0 Å². The van der Waals surface area contributed by atoms with Crippen molar-refractivity contribution in [2.75, 3.05) is 0 Å². The molecule has 0 unspecified atom stereocenters. The molecule has 0 saturated carbocycles. The molecule has 9 heteroatoms. The number of carbonyl (C=O) groups is 1. The van der Waals surface area contributed by atoms with Crippen molar-refractivity contribution in [2.24, 2.45) is 0 Å². The molecule has 0 aromatic carbocycles. The Morgan fingerprint density at radius 2 is 1.89 bits per heavy atom. The number of nitrogens with zero attached hydrogens (tertiary/aromatic N) is 1. The summed E-state index contributed by atoms with van der Waals surface area (Å²) in [7, 11) is 0. The normalized spacial score (nSPS) is 12.6. The van der Waals surface area contributed by atoms with E-state index in [1.165, 1.54) is 0 Å². The highest BCUT2D eigenvalue weighted by Gasteiger charge is 2.40. The number of halogens is 6. The third kappa shape index (κ3) is 3.28. The Labute approximate surface area is 102 Å². The fourth-order valence-corrected chi connectivity index (χ4v) is 1.39. The van der Waals surface area contributed by atoms with Crippen molar-refractivity contribution in [3.63, 3.8) is 0 Å². The van der Waals surface area contributed by atoms with Crippen LogP contribution in [0, 0.1) is 0 Å². The molecule has 0 aliphatic rings. The number of hydrogen-bond acceptors (Lipinski definition) is 2. The highest BCUT2D eigenvalue weighted by Crippen LogP contribution is 2.38. The standard InChI is InChI=1S/C9H5ClF5NO2/c10-7-5(8(11,12)2-6(17)18)1-4(3-16-7)9(13,14)15/h1,3H,2H2,(H,17,18). The second kappa shape index (κ2) is 4.68. The van der Waals surface area contributed by atoms with Gasteiger partial charge in [0.25, 0.3) is 5.92 Å². The predicted molar refractivity (Wildman–Crippen MR) is 50.4 cm³/mol. The van der Waals surface area contributed by atoms with Crippen LogP contribution < -0.4 is 0 Å². The van der Waals surface area contributed by atoms with E-state index in [1.807, 2.05) is 0 Å². The molecule has 1 aromatic rings. The highest BCUT2D eigenvalue weighted by molar-refractivity contribution is 6.30. The zero-order valence-corrected chi connectivity index (χ0v) is 9.19. The van der Waals surface area contributed by atoms with Crippen LogP contribution in [0.25, 0.3) is 0 Å². The number of rotatable bonds is 3. The lowest BCUT2D eigenvalue weighted by atomic mass is 10.1. The van der Waals surface area contributed by atoms with Crippen LogP contribution in [0.4, 0.5) is 22.0 Å². The Hall–Kier alpha value is -1.44. The molecule has 1 heterocycles. The fraction of sp³-hybridized carbons (Fsp3) is 0.333. The van der Waals surface area contributed by atoms with Gasteiger partial charge in [-0.05, 0) is 6.07 Å². The summed E-state index contributed by atoms with van der Waals surface area (Å²) in [5.41, 5.74) is -2.69. The fourth-order valence-electron chi connectivity index (χ4n) is 1.14. The van der Waals surface area contributed by atoms with Gasteiger partial charge < -0.3 is 5.11 Å². The zero-order chi connectivity index (χ0) is 14.1. The molecular weight excluding hydrogens is 285 g/mol. The first-order chi connectivity index (χ1) is 8.04. The van der Waals surface area contributed by atoms with E-state index >= 15 is 0 Å². The third-order valence-electron chi connectivity index (χ3n) is 1.93. The molecule has 0 amide bonds. The van der Waals surface area contributed by atoms with E-state index in [0.717, 1.165) is 0 Å². The number of alkyl halides is 5. The van der Waals surface area contributed by atoms with Crippen molar-refractivity contribution in [1.29, 1.82) is 0 Å². The quantitative estimate of drug-likeness (QED) is 0.686. The molecule has 0 spiro atoms. The maximum absolute atomic E-state index is 13.4. The Morgan fingerprint density at radius 1 is 1.33 bits per heavy atom. The summed E-state index contributed by atoms with van der Waals surface area (Å²) in [4.78, 5) is 13.2. The van der Waals surface area contributed by atoms with Crippen molar-refractivity contribution in [2.45, 2.75) is 18.5 Å². The Balaban J connectivity index is 3.27. The van der Waals surface area contributed by atoms with Gasteiger partial charge in [0.1, 0.15) is 11.6 Å². The van der Waals surface area contributed by atoms with Crippen LogP contribution >= 0.6 is 11.6 Å². The first-order valence-corrected chi connectivity index (χ1v) is 4.74. The maximum atomic E-state index is 13.4. The van der Waals surface area contributed by atoms with E-state index in [2.05, 4.69) is 4.98 Å². The minimum absolute atomic E-state index is 0.0955. The lowest BCUT2D eigenvalue weighted by Crippen LogP contribution is -2.20. The molecule has 1 rings (SSSR count). The Bertz CT molecular complexity index is 475. The molecule has 0 aliphatic heterocycles. The topological polar surface area (TPSA) is 50.2 Å². The molecule has 1 aromatic heterocycles. The summed E-state index contributed by atoms with van der Waals surface area (Å²) >= 11 is 5.26. The van der Waals surface area contributed by atoms with Gasteiger partial charge >= 0.3 is 12.1 Å². The van der Waals surface area contributed by atoms with Crippen molar-refractivity contribution >= 4 is 17.6 Å². The van der Waals surface area contributed by atoms with Crippen molar-refractivity contribution in [3.05, 3.63) is 28.5 Å². The zero-order valence-electron chi connectivity index (χ0n) is 8.43. The first kappa shape index (κ1) is 14.6. The molecule has 18 heavy (non-hydrogen) atoms. The van der Waals surface area contributed by atoms with E-state index in [1.54, 1.807) is 0 Å². The molecule has 0 aliphatic carbocycles. The van der Waals surface area contributed by atoms with E-state index in [9.17, 15) is 26.7 Å². The van der Waals surface area contributed by atoms with Gasteiger partial charge in [0.2, 0.25) is 0 Å². The van der Waals surface area contributed by atoms with Gasteiger partial charge in [-0.2, -0.15) is 13.2 Å². The van der Waals surface area contributed by atoms with Crippen LogP contribution in [0.3, 0.4) is 0 Å². The average molecular weight is 290 g/mol. The molecule has 0 atom stereocenters. The monoisotopic (exact) mass is 289 g/mol. The van der Waals surface area contributed by atoms with Crippen LogP contribution in [-0.2, 0) is 16.9 Å². The summed E-state index contributed by atoms with van der Waals surface area (Å²) in [6, 6.07) is 0.0955. The number of aromatic nitrogens is 1. The van der Waals surface area contributed by atoms with Gasteiger partial charge in [0.15, 0.2) is 0 Å². The SMILES string of the molecule is O=C(O)CC(F)(F)c1cc(C(F)(F)F)cnc1Cl. The van der Waals surface area contributed by atoms with E-state index in [0.29, 0.717) is 6.20 Å². The number of pyridine rings is 1. The second-order valence-electron chi connectivity index (χ2n) is 3.34. The van der Waals surface area contributed by atoms with Gasteiger partial charge in [-0.15, -0.1) is 0 Å². The van der Waals surface area contributed by atoms with Crippen LogP contribution in [0.15, 0.2) is 12.3 Å². The van der Waals surface area contributed by atoms with Gasteiger partial charge in [-0.1, -0.05) is 11.6 Å². The third-order valence-corrected chi connectivity index (χ3v) is 2.23. The Morgan fingerprint density at radius 3 is 2.33 bits per heavy atom. The molecule has 0 bridgehead atoms. The molecule has 0 saturated heterocycles. The average Bonchev–Trinajstić information content (AvgIpc) is 2.13. The first-order valence-electron chi connectivity index (χ1n) is 4.37. The predicted octanol–water partition coefficient (Wildman–Crippen LogP) is 3.32. The summed E-state index contributed by atoms with van der Waals surface area (Å²) in [6.07, 6.45) is -6.25. The molecule has 0 fully saturated rings.